The standard InChI is InChI=1S/C8H12N2O/c1-3-8(11)10(2)7-5-4-6-9/h3H,1,4-5,7H2,2H3. The lowest BCUT2D eigenvalue weighted by Crippen LogP contribution is -2.25. The Balaban J connectivity index is 3.53. The summed E-state index contributed by atoms with van der Waals surface area (Å²) in [6.45, 7) is 3.98. The van der Waals surface area contributed by atoms with Gasteiger partial charge in [0.1, 0.15) is 0 Å². The van der Waals surface area contributed by atoms with Gasteiger partial charge in [-0.2, -0.15) is 5.26 Å². The second kappa shape index (κ2) is 5.48. The van der Waals surface area contributed by atoms with Crippen LogP contribution >= 0.6 is 0 Å². The van der Waals surface area contributed by atoms with Gasteiger partial charge in [-0.25, -0.2) is 0 Å². The van der Waals surface area contributed by atoms with E-state index in [4.69, 9.17) is 5.26 Å². The molecule has 0 aromatic heterocycles. The van der Waals surface area contributed by atoms with E-state index in [2.05, 4.69) is 6.58 Å². The van der Waals surface area contributed by atoms with Gasteiger partial charge in [0, 0.05) is 20.0 Å². The molecule has 0 aliphatic rings. The first-order valence-electron chi connectivity index (χ1n) is 3.47. The molecule has 0 atom stereocenters. The molecule has 0 aliphatic carbocycles. The van der Waals surface area contributed by atoms with Crippen molar-refractivity contribution in [3.63, 3.8) is 0 Å². The van der Waals surface area contributed by atoms with Crippen molar-refractivity contribution in [1.82, 2.24) is 4.90 Å². The molecule has 0 fully saturated rings. The Bertz CT molecular complexity index is 181. The lowest BCUT2D eigenvalue weighted by molar-refractivity contribution is -0.124. The number of nitrogens with zero attached hydrogens (tertiary/aromatic N) is 2. The third-order valence-electron chi connectivity index (χ3n) is 1.33. The fourth-order valence-electron chi connectivity index (χ4n) is 0.661. The van der Waals surface area contributed by atoms with Crippen LogP contribution in [-0.2, 0) is 4.79 Å². The van der Waals surface area contributed by atoms with Crippen molar-refractivity contribution in [1.29, 1.82) is 5.26 Å². The number of carbonyl (C=O) groups excluding carboxylic acids is 1. The summed E-state index contributed by atoms with van der Waals surface area (Å²) in [5.74, 6) is -0.0945. The fourth-order valence-corrected chi connectivity index (χ4v) is 0.661. The molecule has 0 aliphatic heterocycles. The third-order valence-corrected chi connectivity index (χ3v) is 1.33. The van der Waals surface area contributed by atoms with E-state index in [1.165, 1.54) is 6.08 Å². The van der Waals surface area contributed by atoms with Crippen LogP contribution in [0.3, 0.4) is 0 Å². The van der Waals surface area contributed by atoms with Gasteiger partial charge < -0.3 is 4.90 Å². The van der Waals surface area contributed by atoms with E-state index in [-0.39, 0.29) is 5.91 Å². The molecule has 0 spiro atoms. The van der Waals surface area contributed by atoms with Crippen molar-refractivity contribution in [2.24, 2.45) is 0 Å². The van der Waals surface area contributed by atoms with Gasteiger partial charge in [-0.15, -0.1) is 0 Å². The molecule has 0 aromatic rings. The summed E-state index contributed by atoms with van der Waals surface area (Å²) in [6.07, 6.45) is 2.49. The topological polar surface area (TPSA) is 44.1 Å². The van der Waals surface area contributed by atoms with Crippen LogP contribution in [0.25, 0.3) is 0 Å². The van der Waals surface area contributed by atoms with Gasteiger partial charge in [-0.05, 0) is 12.5 Å². The first kappa shape index (κ1) is 9.70. The molecule has 0 N–H and O–H groups in total. The average Bonchev–Trinajstić information content (AvgIpc) is 2.03. The van der Waals surface area contributed by atoms with Gasteiger partial charge in [0.2, 0.25) is 5.91 Å². The first-order valence-corrected chi connectivity index (χ1v) is 3.47. The zero-order valence-electron chi connectivity index (χ0n) is 6.71. The minimum absolute atomic E-state index is 0.0945. The fraction of sp³-hybridized carbons (Fsp3) is 0.500. The van der Waals surface area contributed by atoms with Crippen LogP contribution in [0.1, 0.15) is 12.8 Å². The number of hydrogen-bond donors (Lipinski definition) is 0. The SMILES string of the molecule is C=CC(=O)N(C)CCCC#N. The Morgan fingerprint density at radius 1 is 1.82 bits per heavy atom. The van der Waals surface area contributed by atoms with Crippen molar-refractivity contribution >= 4 is 5.91 Å². The van der Waals surface area contributed by atoms with Crippen LogP contribution in [0.4, 0.5) is 0 Å². The molecular formula is C8H12N2O. The summed E-state index contributed by atoms with van der Waals surface area (Å²) in [4.78, 5) is 12.4. The summed E-state index contributed by atoms with van der Waals surface area (Å²) in [5.41, 5.74) is 0. The molecule has 0 bridgehead atoms. The number of amides is 1. The molecule has 11 heavy (non-hydrogen) atoms. The Kier molecular flexibility index (Phi) is 4.83. The molecule has 0 heterocycles. The second-order valence-corrected chi connectivity index (χ2v) is 2.23. The molecule has 0 unspecified atom stereocenters. The number of hydrogen-bond acceptors (Lipinski definition) is 2. The Hall–Kier alpha value is -1.30. The van der Waals surface area contributed by atoms with Crippen molar-refractivity contribution in [2.45, 2.75) is 12.8 Å². The van der Waals surface area contributed by atoms with Crippen LogP contribution < -0.4 is 0 Å². The highest BCUT2D eigenvalue weighted by atomic mass is 16.2. The van der Waals surface area contributed by atoms with Crippen LogP contribution in [0.5, 0.6) is 0 Å². The Morgan fingerprint density at radius 2 is 2.45 bits per heavy atom. The predicted octanol–water partition coefficient (Wildman–Crippen LogP) is 0.935. The monoisotopic (exact) mass is 152 g/mol. The van der Waals surface area contributed by atoms with E-state index >= 15 is 0 Å². The zero-order chi connectivity index (χ0) is 8.69. The maximum absolute atomic E-state index is 10.8. The van der Waals surface area contributed by atoms with Gasteiger partial charge in [0.15, 0.2) is 0 Å². The van der Waals surface area contributed by atoms with E-state index in [0.717, 1.165) is 6.42 Å². The lowest BCUT2D eigenvalue weighted by Gasteiger charge is -2.12. The van der Waals surface area contributed by atoms with E-state index in [1.807, 2.05) is 6.07 Å². The summed E-state index contributed by atoms with van der Waals surface area (Å²) in [6, 6.07) is 2.02. The highest BCUT2D eigenvalue weighted by Gasteiger charge is 2.01. The van der Waals surface area contributed by atoms with Gasteiger partial charge >= 0.3 is 0 Å². The molecule has 3 nitrogen and oxygen atoms in total. The summed E-state index contributed by atoms with van der Waals surface area (Å²) in [7, 11) is 1.70. The molecule has 60 valence electrons. The number of unbranched alkanes of at least 4 members (excludes halogenated alkanes) is 1. The molecule has 0 saturated carbocycles. The highest BCUT2D eigenvalue weighted by Crippen LogP contribution is 1.92. The largest absolute Gasteiger partial charge is 0.342 e. The zero-order valence-corrected chi connectivity index (χ0v) is 6.71. The number of likely N-dealkylation sites (N-methyl/N-ethyl adjacent to an activating group) is 1. The summed E-state index contributed by atoms with van der Waals surface area (Å²) in [5, 5.41) is 8.20. The van der Waals surface area contributed by atoms with Crippen molar-refractivity contribution in [2.75, 3.05) is 13.6 Å². The molecule has 1 amide bonds. The Morgan fingerprint density at radius 3 is 2.91 bits per heavy atom. The number of carbonyl (C=O) groups is 1. The summed E-state index contributed by atoms with van der Waals surface area (Å²) < 4.78 is 0. The predicted molar refractivity (Wildman–Crippen MR) is 42.7 cm³/mol. The molecular weight excluding hydrogens is 140 g/mol. The first-order chi connectivity index (χ1) is 5.22. The smallest absolute Gasteiger partial charge is 0.245 e. The van der Waals surface area contributed by atoms with Gasteiger partial charge in [0.05, 0.1) is 6.07 Å². The van der Waals surface area contributed by atoms with Crippen molar-refractivity contribution < 1.29 is 4.79 Å². The van der Waals surface area contributed by atoms with Gasteiger partial charge in [-0.1, -0.05) is 6.58 Å². The molecule has 0 aromatic carbocycles. The normalized spacial score (nSPS) is 8.36. The molecule has 0 saturated heterocycles. The number of rotatable bonds is 4. The van der Waals surface area contributed by atoms with E-state index in [1.54, 1.807) is 11.9 Å². The minimum atomic E-state index is -0.0945. The molecule has 0 rings (SSSR count). The Labute approximate surface area is 66.9 Å². The van der Waals surface area contributed by atoms with E-state index in [9.17, 15) is 4.79 Å². The average molecular weight is 152 g/mol. The van der Waals surface area contributed by atoms with Crippen molar-refractivity contribution in [3.8, 4) is 6.07 Å². The molecule has 0 radical (unpaired) electrons. The van der Waals surface area contributed by atoms with Crippen LogP contribution in [-0.4, -0.2) is 24.4 Å². The summed E-state index contributed by atoms with van der Waals surface area (Å²) >= 11 is 0. The lowest BCUT2D eigenvalue weighted by atomic mass is 10.3. The maximum atomic E-state index is 10.8. The van der Waals surface area contributed by atoms with Crippen LogP contribution in [0, 0.1) is 11.3 Å². The van der Waals surface area contributed by atoms with E-state index in [0.29, 0.717) is 13.0 Å². The van der Waals surface area contributed by atoms with Crippen LogP contribution in [0.2, 0.25) is 0 Å². The van der Waals surface area contributed by atoms with Crippen molar-refractivity contribution in [3.05, 3.63) is 12.7 Å². The minimum Gasteiger partial charge on any atom is -0.342 e. The van der Waals surface area contributed by atoms with Gasteiger partial charge in [0.25, 0.3) is 0 Å². The number of nitriles is 1. The second-order valence-electron chi connectivity index (χ2n) is 2.23. The van der Waals surface area contributed by atoms with E-state index < -0.39 is 0 Å². The highest BCUT2D eigenvalue weighted by molar-refractivity contribution is 5.86. The molecule has 3 heteroatoms. The third kappa shape index (κ3) is 4.15. The maximum Gasteiger partial charge on any atom is 0.245 e. The van der Waals surface area contributed by atoms with Crippen LogP contribution in [0.15, 0.2) is 12.7 Å². The quantitative estimate of drug-likeness (QED) is 0.444. The van der Waals surface area contributed by atoms with Gasteiger partial charge in [-0.3, -0.25) is 4.79 Å².